The van der Waals surface area contributed by atoms with Crippen LogP contribution in [0, 0.1) is 5.92 Å². The van der Waals surface area contributed by atoms with Crippen molar-refractivity contribution in [3.05, 3.63) is 35.4 Å². The third-order valence-corrected chi connectivity index (χ3v) is 4.94. The van der Waals surface area contributed by atoms with Gasteiger partial charge in [-0.3, -0.25) is 19.3 Å². The number of hydrogen-bond donors (Lipinski definition) is 0. The predicted octanol–water partition coefficient (Wildman–Crippen LogP) is 1.95. The van der Waals surface area contributed by atoms with Crippen molar-refractivity contribution in [3.63, 3.8) is 0 Å². The zero-order valence-electron chi connectivity index (χ0n) is 14.6. The average molecular weight is 344 g/mol. The molecule has 0 N–H and O–H groups in total. The molecular weight excluding hydrogens is 320 g/mol. The summed E-state index contributed by atoms with van der Waals surface area (Å²) in [4.78, 5) is 40.0. The summed E-state index contributed by atoms with van der Waals surface area (Å²) in [5.74, 6) is -0.469. The molecule has 0 bridgehead atoms. The molecule has 0 saturated carbocycles. The standard InChI is InChI=1S/C19H24N2O4/c1-2-25-19(24)14-8-12-20(13-9-14)10-5-11-21-17(22)15-6-3-4-7-16(15)18(21)23/h3-4,6-7,14H,2,5,8-13H2,1H3. The van der Waals surface area contributed by atoms with E-state index in [4.69, 9.17) is 4.74 Å². The summed E-state index contributed by atoms with van der Waals surface area (Å²) in [5, 5.41) is 0. The molecule has 25 heavy (non-hydrogen) atoms. The molecule has 0 radical (unpaired) electrons. The lowest BCUT2D eigenvalue weighted by Gasteiger charge is -2.31. The van der Waals surface area contributed by atoms with Crippen LogP contribution in [-0.2, 0) is 9.53 Å². The molecule has 1 aromatic carbocycles. The summed E-state index contributed by atoms with van der Waals surface area (Å²) in [6.07, 6.45) is 2.37. The minimum atomic E-state index is -0.193. The smallest absolute Gasteiger partial charge is 0.309 e. The van der Waals surface area contributed by atoms with Gasteiger partial charge in [-0.1, -0.05) is 12.1 Å². The van der Waals surface area contributed by atoms with Gasteiger partial charge in [0.2, 0.25) is 0 Å². The van der Waals surface area contributed by atoms with E-state index in [1.54, 1.807) is 24.3 Å². The second kappa shape index (κ2) is 7.78. The molecule has 0 unspecified atom stereocenters. The van der Waals surface area contributed by atoms with Crippen LogP contribution in [0.1, 0.15) is 46.9 Å². The fourth-order valence-electron chi connectivity index (χ4n) is 3.55. The van der Waals surface area contributed by atoms with Crippen LogP contribution in [0.5, 0.6) is 0 Å². The summed E-state index contributed by atoms with van der Waals surface area (Å²) in [7, 11) is 0. The van der Waals surface area contributed by atoms with Gasteiger partial charge in [-0.25, -0.2) is 0 Å². The lowest BCUT2D eigenvalue weighted by atomic mass is 9.97. The Balaban J connectivity index is 1.44. The first kappa shape index (κ1) is 17.6. The Bertz CT molecular complexity index is 630. The van der Waals surface area contributed by atoms with Gasteiger partial charge in [0.25, 0.3) is 11.8 Å². The number of fused-ring (bicyclic) bond motifs is 1. The number of piperidine rings is 1. The zero-order chi connectivity index (χ0) is 17.8. The highest BCUT2D eigenvalue weighted by atomic mass is 16.5. The van der Waals surface area contributed by atoms with Crippen molar-refractivity contribution in [3.8, 4) is 0 Å². The Hall–Kier alpha value is -2.21. The van der Waals surface area contributed by atoms with Crippen LogP contribution in [-0.4, -0.2) is 60.4 Å². The van der Waals surface area contributed by atoms with Gasteiger partial charge in [-0.2, -0.15) is 0 Å². The number of rotatable bonds is 6. The Labute approximate surface area is 147 Å². The number of amides is 2. The summed E-state index contributed by atoms with van der Waals surface area (Å²) < 4.78 is 5.08. The lowest BCUT2D eigenvalue weighted by Crippen LogP contribution is -2.39. The maximum Gasteiger partial charge on any atom is 0.309 e. The summed E-state index contributed by atoms with van der Waals surface area (Å²) in [6, 6.07) is 6.97. The summed E-state index contributed by atoms with van der Waals surface area (Å²) >= 11 is 0. The van der Waals surface area contributed by atoms with E-state index in [1.807, 2.05) is 6.92 Å². The molecule has 2 aliphatic heterocycles. The SMILES string of the molecule is CCOC(=O)C1CCN(CCCN2C(=O)c3ccccc3C2=O)CC1. The van der Waals surface area contributed by atoms with E-state index >= 15 is 0 Å². The van der Waals surface area contributed by atoms with Crippen LogP contribution in [0.4, 0.5) is 0 Å². The van der Waals surface area contributed by atoms with E-state index in [-0.39, 0.29) is 23.7 Å². The van der Waals surface area contributed by atoms with E-state index < -0.39 is 0 Å². The number of benzene rings is 1. The summed E-state index contributed by atoms with van der Waals surface area (Å²) in [6.45, 7) is 5.22. The van der Waals surface area contributed by atoms with Crippen molar-refractivity contribution in [2.75, 3.05) is 32.8 Å². The maximum atomic E-state index is 12.3. The van der Waals surface area contributed by atoms with Crippen LogP contribution < -0.4 is 0 Å². The van der Waals surface area contributed by atoms with Gasteiger partial charge in [0.05, 0.1) is 23.7 Å². The molecule has 6 heteroatoms. The van der Waals surface area contributed by atoms with Crippen LogP contribution in [0.3, 0.4) is 0 Å². The number of nitrogens with zero attached hydrogens (tertiary/aromatic N) is 2. The van der Waals surface area contributed by atoms with E-state index in [2.05, 4.69) is 4.90 Å². The summed E-state index contributed by atoms with van der Waals surface area (Å²) in [5.41, 5.74) is 1.01. The molecule has 0 atom stereocenters. The largest absolute Gasteiger partial charge is 0.466 e. The first-order valence-electron chi connectivity index (χ1n) is 8.96. The van der Waals surface area contributed by atoms with Crippen LogP contribution in [0.25, 0.3) is 0 Å². The number of carbonyl (C=O) groups excluding carboxylic acids is 3. The molecule has 2 amide bonds. The van der Waals surface area contributed by atoms with Crippen LogP contribution >= 0.6 is 0 Å². The van der Waals surface area contributed by atoms with Gasteiger partial charge in [-0.15, -0.1) is 0 Å². The highest BCUT2D eigenvalue weighted by Crippen LogP contribution is 2.23. The Morgan fingerprint density at radius 1 is 1.08 bits per heavy atom. The molecule has 0 aliphatic carbocycles. The highest BCUT2D eigenvalue weighted by molar-refractivity contribution is 6.21. The van der Waals surface area contributed by atoms with Gasteiger partial charge in [0.1, 0.15) is 0 Å². The van der Waals surface area contributed by atoms with Crippen molar-refractivity contribution in [1.29, 1.82) is 0 Å². The van der Waals surface area contributed by atoms with Gasteiger partial charge in [0, 0.05) is 6.54 Å². The molecule has 3 rings (SSSR count). The average Bonchev–Trinajstić information content (AvgIpc) is 2.88. The fraction of sp³-hybridized carbons (Fsp3) is 0.526. The monoisotopic (exact) mass is 344 g/mol. The molecular formula is C19H24N2O4. The van der Waals surface area contributed by atoms with E-state index in [9.17, 15) is 14.4 Å². The van der Waals surface area contributed by atoms with Gasteiger partial charge < -0.3 is 9.64 Å². The third kappa shape index (κ3) is 3.74. The maximum absolute atomic E-state index is 12.3. The fourth-order valence-corrected chi connectivity index (χ4v) is 3.55. The number of esters is 1. The van der Waals surface area contributed by atoms with E-state index in [0.717, 1.165) is 38.9 Å². The topological polar surface area (TPSA) is 66.9 Å². The number of ether oxygens (including phenoxy) is 1. The number of likely N-dealkylation sites (tertiary alicyclic amines) is 1. The minimum Gasteiger partial charge on any atom is -0.466 e. The Morgan fingerprint density at radius 2 is 1.68 bits per heavy atom. The first-order valence-corrected chi connectivity index (χ1v) is 8.96. The first-order chi connectivity index (χ1) is 12.1. The zero-order valence-corrected chi connectivity index (χ0v) is 14.6. The molecule has 1 saturated heterocycles. The second-order valence-electron chi connectivity index (χ2n) is 6.53. The minimum absolute atomic E-state index is 0.00689. The quantitative estimate of drug-likeness (QED) is 0.583. The van der Waals surface area contributed by atoms with Crippen molar-refractivity contribution >= 4 is 17.8 Å². The highest BCUT2D eigenvalue weighted by Gasteiger charge is 2.34. The second-order valence-corrected chi connectivity index (χ2v) is 6.53. The van der Waals surface area contributed by atoms with Crippen molar-refractivity contribution in [2.24, 2.45) is 5.92 Å². The van der Waals surface area contributed by atoms with Crippen molar-refractivity contribution in [2.45, 2.75) is 26.2 Å². The molecule has 1 aromatic rings. The molecule has 2 heterocycles. The van der Waals surface area contributed by atoms with Crippen molar-refractivity contribution in [1.82, 2.24) is 9.80 Å². The third-order valence-electron chi connectivity index (χ3n) is 4.94. The molecule has 6 nitrogen and oxygen atoms in total. The van der Waals surface area contributed by atoms with Crippen molar-refractivity contribution < 1.29 is 19.1 Å². The predicted molar refractivity (Wildman–Crippen MR) is 92.2 cm³/mol. The van der Waals surface area contributed by atoms with Gasteiger partial charge in [-0.05, 0) is 58.0 Å². The number of imide groups is 1. The van der Waals surface area contributed by atoms with Gasteiger partial charge >= 0.3 is 5.97 Å². The molecule has 0 spiro atoms. The Morgan fingerprint density at radius 3 is 2.24 bits per heavy atom. The number of hydrogen-bond acceptors (Lipinski definition) is 5. The Kier molecular flexibility index (Phi) is 5.48. The van der Waals surface area contributed by atoms with E-state index in [1.165, 1.54) is 4.90 Å². The number of carbonyl (C=O) groups is 3. The molecule has 1 fully saturated rings. The molecule has 0 aromatic heterocycles. The lowest BCUT2D eigenvalue weighted by molar-refractivity contribution is -0.149. The molecule has 134 valence electrons. The van der Waals surface area contributed by atoms with Crippen LogP contribution in [0.15, 0.2) is 24.3 Å². The van der Waals surface area contributed by atoms with Crippen LogP contribution in [0.2, 0.25) is 0 Å². The normalized spacial score (nSPS) is 18.5. The molecule has 2 aliphatic rings. The van der Waals surface area contributed by atoms with E-state index in [0.29, 0.717) is 24.3 Å². The van der Waals surface area contributed by atoms with Gasteiger partial charge in [0.15, 0.2) is 0 Å².